The molecular weight excluding hydrogens is 246 g/mol. The van der Waals surface area contributed by atoms with Crippen LogP contribution in [0.5, 0.6) is 0 Å². The van der Waals surface area contributed by atoms with Crippen LogP contribution in [0.1, 0.15) is 29.8 Å². The smallest absolute Gasteiger partial charge is 0.131 e. The van der Waals surface area contributed by atoms with E-state index in [1.165, 1.54) is 12.1 Å². The summed E-state index contributed by atoms with van der Waals surface area (Å²) in [5, 5.41) is 3.21. The van der Waals surface area contributed by atoms with Crippen LogP contribution in [0.25, 0.3) is 0 Å². The van der Waals surface area contributed by atoms with E-state index in [1.54, 1.807) is 6.20 Å². The number of pyridine rings is 1. The molecule has 0 saturated carbocycles. The van der Waals surface area contributed by atoms with Crippen molar-refractivity contribution in [3.8, 4) is 0 Å². The molecule has 4 heteroatoms. The van der Waals surface area contributed by atoms with E-state index in [-0.39, 0.29) is 6.04 Å². The molecule has 0 aliphatic rings. The van der Waals surface area contributed by atoms with Gasteiger partial charge in [-0.1, -0.05) is 13.0 Å². The zero-order chi connectivity index (χ0) is 13.8. The Labute approximate surface area is 111 Å². The molecule has 0 fully saturated rings. The molecule has 0 spiro atoms. The van der Waals surface area contributed by atoms with Gasteiger partial charge in [-0.25, -0.2) is 8.78 Å². The molecule has 2 rings (SSSR count). The van der Waals surface area contributed by atoms with Crippen LogP contribution in [0.2, 0.25) is 0 Å². The molecule has 19 heavy (non-hydrogen) atoms. The third-order valence-electron chi connectivity index (χ3n) is 2.94. The monoisotopic (exact) mass is 262 g/mol. The average molecular weight is 262 g/mol. The zero-order valence-corrected chi connectivity index (χ0v) is 11.0. The van der Waals surface area contributed by atoms with Gasteiger partial charge in [0, 0.05) is 23.5 Å². The summed E-state index contributed by atoms with van der Waals surface area (Å²) in [7, 11) is 0. The van der Waals surface area contributed by atoms with Crippen LogP contribution < -0.4 is 5.32 Å². The second kappa shape index (κ2) is 5.89. The highest BCUT2D eigenvalue weighted by Crippen LogP contribution is 2.25. The van der Waals surface area contributed by atoms with Crippen molar-refractivity contribution in [3.63, 3.8) is 0 Å². The number of rotatable bonds is 4. The normalized spacial score (nSPS) is 12.4. The summed E-state index contributed by atoms with van der Waals surface area (Å²) in [5.41, 5.74) is 2.22. The molecule has 2 nitrogen and oxygen atoms in total. The van der Waals surface area contributed by atoms with E-state index in [4.69, 9.17) is 0 Å². The van der Waals surface area contributed by atoms with E-state index >= 15 is 0 Å². The molecule has 1 aromatic carbocycles. The Hall–Kier alpha value is -1.81. The Kier molecular flexibility index (Phi) is 4.22. The van der Waals surface area contributed by atoms with Crippen molar-refractivity contribution in [2.75, 3.05) is 6.54 Å². The summed E-state index contributed by atoms with van der Waals surface area (Å²) in [5.74, 6) is -1.11. The fourth-order valence-corrected chi connectivity index (χ4v) is 2.09. The maximum Gasteiger partial charge on any atom is 0.131 e. The lowest BCUT2D eigenvalue weighted by Gasteiger charge is -2.19. The van der Waals surface area contributed by atoms with E-state index in [0.29, 0.717) is 12.1 Å². The van der Waals surface area contributed by atoms with Gasteiger partial charge in [0.25, 0.3) is 0 Å². The maximum absolute atomic E-state index is 13.9. The Balaban J connectivity index is 2.45. The quantitative estimate of drug-likeness (QED) is 0.913. The van der Waals surface area contributed by atoms with E-state index in [2.05, 4.69) is 10.3 Å². The Bertz CT molecular complexity index is 570. The van der Waals surface area contributed by atoms with Gasteiger partial charge in [0.1, 0.15) is 11.6 Å². The molecule has 2 aromatic rings. The van der Waals surface area contributed by atoms with Gasteiger partial charge in [0.05, 0.1) is 6.04 Å². The second-order valence-corrected chi connectivity index (χ2v) is 4.39. The van der Waals surface area contributed by atoms with Gasteiger partial charge in [0.15, 0.2) is 0 Å². The second-order valence-electron chi connectivity index (χ2n) is 4.39. The molecule has 0 radical (unpaired) electrons. The zero-order valence-electron chi connectivity index (χ0n) is 11.0. The SMILES string of the molecule is CCNC(c1ccnc(C)c1)c1ccc(F)cc1F. The maximum atomic E-state index is 13.9. The molecule has 1 unspecified atom stereocenters. The number of nitrogens with one attached hydrogen (secondary N) is 1. The lowest BCUT2D eigenvalue weighted by atomic mass is 9.98. The molecule has 1 heterocycles. The van der Waals surface area contributed by atoms with Crippen LogP contribution in [0, 0.1) is 18.6 Å². The van der Waals surface area contributed by atoms with Crippen molar-refractivity contribution < 1.29 is 8.78 Å². The fraction of sp³-hybridized carbons (Fsp3) is 0.267. The highest BCUT2D eigenvalue weighted by atomic mass is 19.1. The predicted molar refractivity (Wildman–Crippen MR) is 70.9 cm³/mol. The molecular formula is C15H16F2N2. The van der Waals surface area contributed by atoms with Crippen LogP contribution in [-0.2, 0) is 0 Å². The predicted octanol–water partition coefficient (Wildman–Crippen LogP) is 3.37. The van der Waals surface area contributed by atoms with Crippen molar-refractivity contribution in [3.05, 3.63) is 65.0 Å². The van der Waals surface area contributed by atoms with Crippen molar-refractivity contribution in [1.29, 1.82) is 0 Å². The van der Waals surface area contributed by atoms with Gasteiger partial charge < -0.3 is 5.32 Å². The average Bonchev–Trinajstić information content (AvgIpc) is 2.37. The van der Waals surface area contributed by atoms with E-state index in [9.17, 15) is 8.78 Å². The molecule has 1 N–H and O–H groups in total. The molecule has 1 aromatic heterocycles. The van der Waals surface area contributed by atoms with Crippen molar-refractivity contribution >= 4 is 0 Å². The van der Waals surface area contributed by atoms with Gasteiger partial charge in [-0.15, -0.1) is 0 Å². The summed E-state index contributed by atoms with van der Waals surface area (Å²) in [6.07, 6.45) is 1.69. The lowest BCUT2D eigenvalue weighted by molar-refractivity contribution is 0.540. The molecule has 0 amide bonds. The lowest BCUT2D eigenvalue weighted by Crippen LogP contribution is -2.23. The van der Waals surface area contributed by atoms with Crippen LogP contribution in [0.4, 0.5) is 8.78 Å². The number of aryl methyl sites for hydroxylation is 1. The minimum Gasteiger partial charge on any atom is -0.306 e. The van der Waals surface area contributed by atoms with E-state index < -0.39 is 11.6 Å². The van der Waals surface area contributed by atoms with Gasteiger partial charge >= 0.3 is 0 Å². The molecule has 0 aliphatic carbocycles. The number of hydrogen-bond acceptors (Lipinski definition) is 2. The minimum atomic E-state index is -0.567. The Morgan fingerprint density at radius 1 is 1.21 bits per heavy atom. The van der Waals surface area contributed by atoms with Crippen LogP contribution in [0.15, 0.2) is 36.5 Å². The summed E-state index contributed by atoms with van der Waals surface area (Å²) < 4.78 is 26.9. The third-order valence-corrected chi connectivity index (χ3v) is 2.94. The summed E-state index contributed by atoms with van der Waals surface area (Å²) in [4.78, 5) is 4.13. The largest absolute Gasteiger partial charge is 0.306 e. The van der Waals surface area contributed by atoms with Crippen LogP contribution >= 0.6 is 0 Å². The first-order chi connectivity index (χ1) is 9.11. The van der Waals surface area contributed by atoms with Gasteiger partial charge in [0.2, 0.25) is 0 Å². The topological polar surface area (TPSA) is 24.9 Å². The number of nitrogens with zero attached hydrogens (tertiary/aromatic N) is 1. The first-order valence-electron chi connectivity index (χ1n) is 6.22. The summed E-state index contributed by atoms with van der Waals surface area (Å²) in [6, 6.07) is 7.10. The van der Waals surface area contributed by atoms with Gasteiger partial charge in [-0.05, 0) is 37.2 Å². The minimum absolute atomic E-state index is 0.299. The Morgan fingerprint density at radius 3 is 2.63 bits per heavy atom. The number of hydrogen-bond donors (Lipinski definition) is 1. The van der Waals surface area contributed by atoms with Gasteiger partial charge in [-0.3, -0.25) is 4.98 Å². The highest BCUT2D eigenvalue weighted by Gasteiger charge is 2.17. The van der Waals surface area contributed by atoms with Gasteiger partial charge in [-0.2, -0.15) is 0 Å². The number of halogens is 2. The molecule has 0 bridgehead atoms. The molecule has 0 saturated heterocycles. The third kappa shape index (κ3) is 3.15. The molecule has 100 valence electrons. The summed E-state index contributed by atoms with van der Waals surface area (Å²) >= 11 is 0. The van der Waals surface area contributed by atoms with Crippen molar-refractivity contribution in [1.82, 2.24) is 10.3 Å². The summed E-state index contributed by atoms with van der Waals surface area (Å²) in [6.45, 7) is 4.51. The van der Waals surface area contributed by atoms with Crippen molar-refractivity contribution in [2.24, 2.45) is 0 Å². The highest BCUT2D eigenvalue weighted by molar-refractivity contribution is 5.33. The van der Waals surface area contributed by atoms with E-state index in [0.717, 1.165) is 17.3 Å². The van der Waals surface area contributed by atoms with Crippen LogP contribution in [-0.4, -0.2) is 11.5 Å². The first-order valence-corrected chi connectivity index (χ1v) is 6.22. The number of benzene rings is 1. The Morgan fingerprint density at radius 2 is 2.00 bits per heavy atom. The first kappa shape index (κ1) is 13.6. The number of aromatic nitrogens is 1. The molecule has 1 atom stereocenters. The fourth-order valence-electron chi connectivity index (χ4n) is 2.09. The van der Waals surface area contributed by atoms with Crippen LogP contribution in [0.3, 0.4) is 0 Å². The standard InChI is InChI=1S/C15H16F2N2/c1-3-18-15(11-6-7-19-10(2)8-11)13-5-4-12(16)9-14(13)17/h4-9,15,18H,3H2,1-2H3. The molecule has 0 aliphatic heterocycles. The van der Waals surface area contributed by atoms with E-state index in [1.807, 2.05) is 26.0 Å². The van der Waals surface area contributed by atoms with Crippen molar-refractivity contribution in [2.45, 2.75) is 19.9 Å².